The van der Waals surface area contributed by atoms with E-state index in [0.717, 1.165) is 14.9 Å². The molecule has 1 aromatic heterocycles. The van der Waals surface area contributed by atoms with Gasteiger partial charge in [-0.25, -0.2) is 4.79 Å². The Hall–Kier alpha value is -1.23. The Labute approximate surface area is 125 Å². The lowest BCUT2D eigenvalue weighted by molar-refractivity contribution is 0.0601. The summed E-state index contributed by atoms with van der Waals surface area (Å²) in [6.45, 7) is 0.639. The number of rotatable bonds is 4. The highest BCUT2D eigenvalue weighted by molar-refractivity contribution is 7.16. The molecule has 2 aromatic rings. The van der Waals surface area contributed by atoms with Crippen molar-refractivity contribution in [2.45, 2.75) is 6.54 Å². The Balaban J connectivity index is 2.10. The summed E-state index contributed by atoms with van der Waals surface area (Å²) in [5, 5.41) is 3.58. The first-order chi connectivity index (χ1) is 9.10. The lowest BCUT2D eigenvalue weighted by Crippen LogP contribution is -2.04. The maximum Gasteiger partial charge on any atom is 0.339 e. The fraction of sp³-hybridized carbons (Fsp3) is 0.154. The van der Waals surface area contributed by atoms with Gasteiger partial charge in [0.2, 0.25) is 0 Å². The summed E-state index contributed by atoms with van der Waals surface area (Å²) in [4.78, 5) is 12.6. The van der Waals surface area contributed by atoms with Crippen molar-refractivity contribution in [1.29, 1.82) is 0 Å². The van der Waals surface area contributed by atoms with E-state index in [2.05, 4.69) is 10.1 Å². The van der Waals surface area contributed by atoms with Crippen molar-refractivity contribution >= 4 is 46.2 Å². The molecule has 0 saturated heterocycles. The van der Waals surface area contributed by atoms with Crippen LogP contribution in [0.3, 0.4) is 0 Å². The Kier molecular flexibility index (Phi) is 4.69. The van der Waals surface area contributed by atoms with E-state index in [1.807, 2.05) is 18.2 Å². The van der Waals surface area contributed by atoms with Gasteiger partial charge in [0.25, 0.3) is 0 Å². The number of methoxy groups -OCH3 is 1. The second-order valence-corrected chi connectivity index (χ2v) is 5.95. The molecule has 0 unspecified atom stereocenters. The van der Waals surface area contributed by atoms with Crippen molar-refractivity contribution in [3.63, 3.8) is 0 Å². The molecule has 1 N–H and O–H groups in total. The Morgan fingerprint density at radius 2 is 2.11 bits per heavy atom. The molecule has 0 spiro atoms. The molecule has 0 aliphatic carbocycles. The fourth-order valence-electron chi connectivity index (χ4n) is 1.54. The predicted octanol–water partition coefficient (Wildman–Crippen LogP) is 4.45. The molecular weight excluding hydrogens is 305 g/mol. The van der Waals surface area contributed by atoms with Gasteiger partial charge in [0, 0.05) is 17.1 Å². The number of nitrogens with one attached hydrogen (secondary N) is 1. The molecule has 0 aliphatic rings. The van der Waals surface area contributed by atoms with Crippen molar-refractivity contribution in [2.24, 2.45) is 0 Å². The van der Waals surface area contributed by atoms with Crippen LogP contribution in [0.2, 0.25) is 9.36 Å². The van der Waals surface area contributed by atoms with Crippen LogP contribution in [0, 0.1) is 0 Å². The minimum Gasteiger partial charge on any atom is -0.465 e. The van der Waals surface area contributed by atoms with Crippen LogP contribution in [0.1, 0.15) is 15.2 Å². The highest BCUT2D eigenvalue weighted by atomic mass is 35.5. The average Bonchev–Trinajstić information content (AvgIpc) is 2.83. The van der Waals surface area contributed by atoms with Gasteiger partial charge >= 0.3 is 5.97 Å². The lowest BCUT2D eigenvalue weighted by atomic mass is 10.2. The fourth-order valence-corrected chi connectivity index (χ4v) is 2.76. The summed E-state index contributed by atoms with van der Waals surface area (Å²) >= 11 is 13.3. The number of carbonyl (C=O) groups is 1. The summed E-state index contributed by atoms with van der Waals surface area (Å²) in [6.07, 6.45) is 0. The van der Waals surface area contributed by atoms with E-state index in [4.69, 9.17) is 23.2 Å². The molecule has 3 nitrogen and oxygen atoms in total. The molecule has 0 fully saturated rings. The first kappa shape index (κ1) is 14.2. The molecule has 6 heteroatoms. The van der Waals surface area contributed by atoms with E-state index in [1.165, 1.54) is 18.4 Å². The first-order valence-electron chi connectivity index (χ1n) is 5.46. The second kappa shape index (κ2) is 6.28. The number of esters is 1. The Bertz CT molecular complexity index is 598. The van der Waals surface area contributed by atoms with Crippen LogP contribution in [-0.4, -0.2) is 13.1 Å². The number of anilines is 1. The van der Waals surface area contributed by atoms with Crippen LogP contribution in [0.4, 0.5) is 5.69 Å². The number of hydrogen-bond donors (Lipinski definition) is 1. The number of hydrogen-bond acceptors (Lipinski definition) is 4. The van der Waals surface area contributed by atoms with E-state index in [9.17, 15) is 4.79 Å². The molecule has 0 saturated carbocycles. The summed E-state index contributed by atoms with van der Waals surface area (Å²) in [6, 6.07) is 8.95. The molecule has 0 aliphatic heterocycles. The van der Waals surface area contributed by atoms with E-state index in [0.29, 0.717) is 17.1 Å². The molecule has 100 valence electrons. The van der Waals surface area contributed by atoms with Gasteiger partial charge in [0.15, 0.2) is 0 Å². The van der Waals surface area contributed by atoms with Crippen molar-refractivity contribution in [3.05, 3.63) is 50.1 Å². The van der Waals surface area contributed by atoms with Crippen molar-refractivity contribution < 1.29 is 9.53 Å². The van der Waals surface area contributed by atoms with Gasteiger partial charge in [-0.15, -0.1) is 11.3 Å². The number of halogens is 2. The standard InChI is InChI=1S/C13H11Cl2NO2S/c1-18-13(17)10-6-8(2-4-11(10)14)16-7-9-3-5-12(15)19-9/h2-6,16H,7H2,1H3. The van der Waals surface area contributed by atoms with Gasteiger partial charge < -0.3 is 10.1 Å². The van der Waals surface area contributed by atoms with Gasteiger partial charge in [0.1, 0.15) is 0 Å². The number of ether oxygens (including phenoxy) is 1. The minimum atomic E-state index is -0.451. The average molecular weight is 316 g/mol. The van der Waals surface area contributed by atoms with Crippen molar-refractivity contribution in [3.8, 4) is 0 Å². The van der Waals surface area contributed by atoms with Crippen LogP contribution in [-0.2, 0) is 11.3 Å². The molecule has 0 radical (unpaired) electrons. The molecular formula is C13H11Cl2NO2S. The third-order valence-electron chi connectivity index (χ3n) is 2.47. The second-order valence-electron chi connectivity index (χ2n) is 3.75. The molecule has 19 heavy (non-hydrogen) atoms. The van der Waals surface area contributed by atoms with E-state index in [1.54, 1.807) is 12.1 Å². The number of benzene rings is 1. The highest BCUT2D eigenvalue weighted by Gasteiger charge is 2.11. The zero-order valence-electron chi connectivity index (χ0n) is 10.1. The third-order valence-corrected chi connectivity index (χ3v) is 4.03. The highest BCUT2D eigenvalue weighted by Crippen LogP contribution is 2.24. The van der Waals surface area contributed by atoms with Crippen LogP contribution < -0.4 is 5.32 Å². The number of thiophene rings is 1. The van der Waals surface area contributed by atoms with E-state index in [-0.39, 0.29) is 0 Å². The summed E-state index contributed by atoms with van der Waals surface area (Å²) in [5.74, 6) is -0.451. The van der Waals surface area contributed by atoms with Gasteiger partial charge in [-0.05, 0) is 30.3 Å². The minimum absolute atomic E-state index is 0.346. The molecule has 0 amide bonds. The molecule has 0 atom stereocenters. The summed E-state index contributed by atoms with van der Waals surface area (Å²) in [5.41, 5.74) is 1.15. The third kappa shape index (κ3) is 3.62. The molecule has 0 bridgehead atoms. The van der Waals surface area contributed by atoms with Crippen molar-refractivity contribution in [1.82, 2.24) is 0 Å². The smallest absolute Gasteiger partial charge is 0.339 e. The lowest BCUT2D eigenvalue weighted by Gasteiger charge is -2.08. The normalized spacial score (nSPS) is 10.3. The van der Waals surface area contributed by atoms with Crippen LogP contribution >= 0.6 is 34.5 Å². The zero-order chi connectivity index (χ0) is 13.8. The molecule has 1 aromatic carbocycles. The first-order valence-corrected chi connectivity index (χ1v) is 7.03. The zero-order valence-corrected chi connectivity index (χ0v) is 12.4. The molecule has 2 rings (SSSR count). The maximum atomic E-state index is 11.5. The Morgan fingerprint density at radius 1 is 1.32 bits per heavy atom. The SMILES string of the molecule is COC(=O)c1cc(NCc2ccc(Cl)s2)ccc1Cl. The number of carbonyl (C=O) groups excluding carboxylic acids is 1. The molecule has 1 heterocycles. The summed E-state index contributed by atoms with van der Waals surface area (Å²) < 4.78 is 5.42. The monoisotopic (exact) mass is 315 g/mol. The van der Waals surface area contributed by atoms with Crippen LogP contribution in [0.15, 0.2) is 30.3 Å². The van der Waals surface area contributed by atoms with Crippen LogP contribution in [0.5, 0.6) is 0 Å². The van der Waals surface area contributed by atoms with Gasteiger partial charge in [-0.3, -0.25) is 0 Å². The Morgan fingerprint density at radius 3 is 2.74 bits per heavy atom. The van der Waals surface area contributed by atoms with Crippen LogP contribution in [0.25, 0.3) is 0 Å². The largest absolute Gasteiger partial charge is 0.465 e. The van der Waals surface area contributed by atoms with Gasteiger partial charge in [0.05, 0.1) is 22.0 Å². The van der Waals surface area contributed by atoms with E-state index >= 15 is 0 Å². The predicted molar refractivity (Wildman–Crippen MR) is 79.4 cm³/mol. The van der Waals surface area contributed by atoms with Crippen molar-refractivity contribution in [2.75, 3.05) is 12.4 Å². The van der Waals surface area contributed by atoms with E-state index < -0.39 is 5.97 Å². The quantitative estimate of drug-likeness (QED) is 0.847. The van der Waals surface area contributed by atoms with Gasteiger partial charge in [-0.1, -0.05) is 23.2 Å². The maximum absolute atomic E-state index is 11.5. The topological polar surface area (TPSA) is 38.3 Å². The van der Waals surface area contributed by atoms with Gasteiger partial charge in [-0.2, -0.15) is 0 Å². The summed E-state index contributed by atoms with van der Waals surface area (Å²) in [7, 11) is 1.33.